The Bertz CT molecular complexity index is 291. The van der Waals surface area contributed by atoms with Crippen LogP contribution in [0, 0.1) is 17.8 Å². The van der Waals surface area contributed by atoms with Crippen molar-refractivity contribution in [2.45, 2.75) is 57.0 Å². The first-order chi connectivity index (χ1) is 8.10. The lowest BCUT2D eigenvalue weighted by Gasteiger charge is -2.57. The summed E-state index contributed by atoms with van der Waals surface area (Å²) < 4.78 is 0. The zero-order valence-corrected chi connectivity index (χ0v) is 11.0. The minimum atomic E-state index is -0.0451. The third-order valence-corrected chi connectivity index (χ3v) is 5.20. The van der Waals surface area contributed by atoms with Crippen molar-refractivity contribution in [2.24, 2.45) is 17.8 Å². The van der Waals surface area contributed by atoms with Crippen molar-refractivity contribution in [3.63, 3.8) is 0 Å². The zero-order valence-electron chi connectivity index (χ0n) is 11.0. The molecule has 0 radical (unpaired) electrons. The summed E-state index contributed by atoms with van der Waals surface area (Å²) in [6.07, 6.45) is 8.28. The maximum atomic E-state index is 11.7. The summed E-state index contributed by atoms with van der Waals surface area (Å²) in [4.78, 5) is 11.7. The highest BCUT2D eigenvalue weighted by Gasteiger charge is 2.51. The second kappa shape index (κ2) is 3.98. The molecule has 4 aliphatic rings. The van der Waals surface area contributed by atoms with Crippen LogP contribution in [0.2, 0.25) is 0 Å². The lowest BCUT2D eigenvalue weighted by atomic mass is 9.53. The third kappa shape index (κ3) is 1.99. The van der Waals surface area contributed by atoms with Gasteiger partial charge in [0.05, 0.1) is 6.04 Å². The predicted molar refractivity (Wildman–Crippen MR) is 67.6 cm³/mol. The normalized spacial score (nSPS) is 44.7. The first kappa shape index (κ1) is 11.5. The molecular weight excluding hydrogens is 212 g/mol. The molecule has 0 spiro atoms. The Balaban J connectivity index is 1.72. The molecule has 0 aromatic rings. The molecule has 3 heteroatoms. The van der Waals surface area contributed by atoms with Crippen LogP contribution >= 0.6 is 0 Å². The second-order valence-electron chi connectivity index (χ2n) is 6.68. The molecule has 4 bridgehead atoms. The monoisotopic (exact) mass is 236 g/mol. The molecule has 2 N–H and O–H groups in total. The standard InChI is InChI=1S/C14H24N2O/c1-9(13(17)15-2)16-14-6-10-3-11(7-14)5-12(4-10)8-14/h9-12,16H,3-8H2,1-2H3,(H,15,17)/t9-,10?,11?,12?,14?/m0/s1. The summed E-state index contributed by atoms with van der Waals surface area (Å²) in [6, 6.07) is -0.0451. The van der Waals surface area contributed by atoms with Crippen molar-refractivity contribution in [3.8, 4) is 0 Å². The summed E-state index contributed by atoms with van der Waals surface area (Å²) in [5.41, 5.74) is 0.292. The molecule has 1 atom stereocenters. The average molecular weight is 236 g/mol. The van der Waals surface area contributed by atoms with Crippen LogP contribution in [-0.4, -0.2) is 24.5 Å². The van der Waals surface area contributed by atoms with Crippen molar-refractivity contribution in [1.82, 2.24) is 10.6 Å². The fraction of sp³-hybridized carbons (Fsp3) is 0.929. The van der Waals surface area contributed by atoms with Crippen LogP contribution in [0.3, 0.4) is 0 Å². The molecule has 0 saturated heterocycles. The van der Waals surface area contributed by atoms with E-state index in [9.17, 15) is 4.79 Å². The quantitative estimate of drug-likeness (QED) is 0.783. The van der Waals surface area contributed by atoms with Gasteiger partial charge in [0.1, 0.15) is 0 Å². The maximum absolute atomic E-state index is 11.7. The van der Waals surface area contributed by atoms with Crippen LogP contribution in [0.25, 0.3) is 0 Å². The average Bonchev–Trinajstić information content (AvgIpc) is 2.25. The molecule has 0 heterocycles. The Kier molecular flexibility index (Phi) is 2.69. The van der Waals surface area contributed by atoms with E-state index in [0.717, 1.165) is 17.8 Å². The van der Waals surface area contributed by atoms with Gasteiger partial charge in [-0.15, -0.1) is 0 Å². The first-order valence-electron chi connectivity index (χ1n) is 7.09. The van der Waals surface area contributed by atoms with Crippen molar-refractivity contribution in [1.29, 1.82) is 0 Å². The lowest BCUT2D eigenvalue weighted by molar-refractivity contribution is -0.124. The van der Waals surface area contributed by atoms with Gasteiger partial charge in [-0.25, -0.2) is 0 Å². The van der Waals surface area contributed by atoms with Crippen LogP contribution in [0.4, 0.5) is 0 Å². The third-order valence-electron chi connectivity index (χ3n) is 5.20. The molecule has 17 heavy (non-hydrogen) atoms. The molecule has 0 aromatic carbocycles. The summed E-state index contributed by atoms with van der Waals surface area (Å²) in [5.74, 6) is 2.93. The smallest absolute Gasteiger partial charge is 0.236 e. The Morgan fingerprint density at radius 1 is 1.12 bits per heavy atom. The largest absolute Gasteiger partial charge is 0.358 e. The second-order valence-corrected chi connectivity index (χ2v) is 6.68. The first-order valence-corrected chi connectivity index (χ1v) is 7.09. The number of likely N-dealkylation sites (N-methyl/N-ethyl adjacent to an activating group) is 1. The Labute approximate surface area is 104 Å². The van der Waals surface area contributed by atoms with Gasteiger partial charge in [0, 0.05) is 12.6 Å². The number of hydrogen-bond acceptors (Lipinski definition) is 2. The van der Waals surface area contributed by atoms with Gasteiger partial charge >= 0.3 is 0 Å². The highest BCUT2D eigenvalue weighted by Crippen LogP contribution is 2.55. The number of rotatable bonds is 3. The van der Waals surface area contributed by atoms with Crippen LogP contribution in [0.1, 0.15) is 45.4 Å². The summed E-state index contributed by atoms with van der Waals surface area (Å²) in [5, 5.41) is 6.41. The molecule has 4 saturated carbocycles. The molecule has 4 aliphatic carbocycles. The molecule has 4 fully saturated rings. The summed E-state index contributed by atoms with van der Waals surface area (Å²) >= 11 is 0. The van der Waals surface area contributed by atoms with Crippen LogP contribution in [-0.2, 0) is 4.79 Å². The van der Waals surface area contributed by atoms with Crippen LogP contribution < -0.4 is 10.6 Å². The van der Waals surface area contributed by atoms with Gasteiger partial charge in [0.25, 0.3) is 0 Å². The maximum Gasteiger partial charge on any atom is 0.236 e. The highest BCUT2D eigenvalue weighted by atomic mass is 16.2. The molecular formula is C14H24N2O. The van der Waals surface area contributed by atoms with Crippen molar-refractivity contribution in [3.05, 3.63) is 0 Å². The molecule has 3 nitrogen and oxygen atoms in total. The highest BCUT2D eigenvalue weighted by molar-refractivity contribution is 5.81. The van der Waals surface area contributed by atoms with Gasteiger partial charge < -0.3 is 10.6 Å². The lowest BCUT2D eigenvalue weighted by Crippen LogP contribution is -2.62. The summed E-state index contributed by atoms with van der Waals surface area (Å²) in [6.45, 7) is 2.00. The van der Waals surface area contributed by atoms with E-state index >= 15 is 0 Å². The number of carbonyl (C=O) groups is 1. The van der Waals surface area contributed by atoms with E-state index in [1.54, 1.807) is 7.05 Å². The van der Waals surface area contributed by atoms with Gasteiger partial charge in [0.15, 0.2) is 0 Å². The number of amides is 1. The van der Waals surface area contributed by atoms with E-state index in [1.807, 2.05) is 6.92 Å². The van der Waals surface area contributed by atoms with Gasteiger partial charge in [-0.05, 0) is 63.2 Å². The molecule has 0 aliphatic heterocycles. The molecule has 1 amide bonds. The van der Waals surface area contributed by atoms with E-state index < -0.39 is 0 Å². The van der Waals surface area contributed by atoms with E-state index in [0.29, 0.717) is 5.54 Å². The summed E-state index contributed by atoms with van der Waals surface area (Å²) in [7, 11) is 1.72. The SMILES string of the molecule is CNC(=O)[C@H](C)NC12CC3CC(CC(C3)C1)C2. The van der Waals surface area contributed by atoms with Gasteiger partial charge in [-0.2, -0.15) is 0 Å². The van der Waals surface area contributed by atoms with E-state index in [1.165, 1.54) is 38.5 Å². The number of nitrogens with one attached hydrogen (secondary N) is 2. The van der Waals surface area contributed by atoms with E-state index in [4.69, 9.17) is 0 Å². The molecule has 0 unspecified atom stereocenters. The topological polar surface area (TPSA) is 41.1 Å². The van der Waals surface area contributed by atoms with Crippen molar-refractivity contribution in [2.75, 3.05) is 7.05 Å². The Morgan fingerprint density at radius 2 is 1.59 bits per heavy atom. The Morgan fingerprint density at radius 3 is 2.00 bits per heavy atom. The van der Waals surface area contributed by atoms with E-state index in [-0.39, 0.29) is 11.9 Å². The number of carbonyl (C=O) groups excluding carboxylic acids is 1. The van der Waals surface area contributed by atoms with E-state index in [2.05, 4.69) is 10.6 Å². The fourth-order valence-corrected chi connectivity index (χ4v) is 5.03. The fourth-order valence-electron chi connectivity index (χ4n) is 5.03. The molecule has 0 aromatic heterocycles. The predicted octanol–water partition coefficient (Wildman–Crippen LogP) is 1.68. The zero-order chi connectivity index (χ0) is 12.0. The number of hydrogen-bond donors (Lipinski definition) is 2. The van der Waals surface area contributed by atoms with Crippen LogP contribution in [0.15, 0.2) is 0 Å². The minimum Gasteiger partial charge on any atom is -0.358 e. The van der Waals surface area contributed by atoms with Crippen molar-refractivity contribution >= 4 is 5.91 Å². The van der Waals surface area contributed by atoms with Gasteiger partial charge in [0.2, 0.25) is 5.91 Å². The minimum absolute atomic E-state index is 0.0451. The molecule has 96 valence electrons. The molecule has 4 rings (SSSR count). The van der Waals surface area contributed by atoms with Crippen LogP contribution in [0.5, 0.6) is 0 Å². The Hall–Kier alpha value is -0.570. The van der Waals surface area contributed by atoms with Gasteiger partial charge in [-0.3, -0.25) is 4.79 Å². The van der Waals surface area contributed by atoms with Crippen molar-refractivity contribution < 1.29 is 4.79 Å². The van der Waals surface area contributed by atoms with Gasteiger partial charge in [-0.1, -0.05) is 0 Å².